The van der Waals surface area contributed by atoms with Crippen molar-refractivity contribution in [2.24, 2.45) is 0 Å². The molecule has 20 heavy (non-hydrogen) atoms. The summed E-state index contributed by atoms with van der Waals surface area (Å²) in [5.41, 5.74) is 0.558. The molecule has 0 saturated heterocycles. The molecular weight excluding hydrogens is 277 g/mol. The van der Waals surface area contributed by atoms with Crippen LogP contribution in [0.2, 0.25) is 0 Å². The van der Waals surface area contributed by atoms with E-state index in [1.54, 1.807) is 0 Å². The van der Waals surface area contributed by atoms with Crippen molar-refractivity contribution in [3.63, 3.8) is 0 Å². The van der Waals surface area contributed by atoms with Gasteiger partial charge in [-0.1, -0.05) is 18.7 Å². The molecule has 106 valence electrons. The monoisotopic (exact) mass is 293 g/mol. The molecule has 0 radical (unpaired) electrons. The molecule has 0 bridgehead atoms. The van der Waals surface area contributed by atoms with Gasteiger partial charge >= 0.3 is 0 Å². The van der Waals surface area contributed by atoms with Gasteiger partial charge in [-0.05, 0) is 30.7 Å². The van der Waals surface area contributed by atoms with Gasteiger partial charge in [-0.2, -0.15) is 0 Å². The van der Waals surface area contributed by atoms with Crippen molar-refractivity contribution in [3.8, 4) is 0 Å². The number of hydrogen-bond donors (Lipinski definition) is 1. The van der Waals surface area contributed by atoms with E-state index in [4.69, 9.17) is 0 Å². The van der Waals surface area contributed by atoms with E-state index in [9.17, 15) is 9.18 Å². The van der Waals surface area contributed by atoms with Crippen LogP contribution in [0.3, 0.4) is 0 Å². The molecule has 0 aliphatic rings. The quantitative estimate of drug-likeness (QED) is 0.483. The minimum Gasteiger partial charge on any atom is -0.294 e. The topological polar surface area (TPSA) is 58.6 Å². The smallest absolute Gasteiger partial charge is 0.208 e. The summed E-state index contributed by atoms with van der Waals surface area (Å²) >= 11 is 1.53. The molecule has 0 amide bonds. The van der Waals surface area contributed by atoms with Gasteiger partial charge < -0.3 is 0 Å². The lowest BCUT2D eigenvalue weighted by Crippen LogP contribution is -1.99. The second kappa shape index (κ2) is 7.19. The maximum atomic E-state index is 12.7. The zero-order valence-corrected chi connectivity index (χ0v) is 12.0. The lowest BCUT2D eigenvalue weighted by Gasteiger charge is -2.00. The van der Waals surface area contributed by atoms with E-state index < -0.39 is 0 Å². The number of nitrogens with zero attached hydrogens (tertiary/aromatic N) is 2. The first-order valence-electron chi connectivity index (χ1n) is 6.52. The summed E-state index contributed by atoms with van der Waals surface area (Å²) in [4.78, 5) is 16.1. The van der Waals surface area contributed by atoms with Gasteiger partial charge in [-0.25, -0.2) is 9.37 Å². The van der Waals surface area contributed by atoms with Crippen molar-refractivity contribution in [2.75, 3.05) is 5.75 Å². The molecule has 0 fully saturated rings. The van der Waals surface area contributed by atoms with Crippen molar-refractivity contribution >= 4 is 17.5 Å². The first-order chi connectivity index (χ1) is 9.69. The molecule has 0 spiro atoms. The van der Waals surface area contributed by atoms with Crippen molar-refractivity contribution in [2.45, 2.75) is 31.3 Å². The summed E-state index contributed by atoms with van der Waals surface area (Å²) in [5.74, 6) is 1.37. The maximum Gasteiger partial charge on any atom is 0.208 e. The number of aryl methyl sites for hydroxylation is 1. The number of hydrogen-bond acceptors (Lipinski definition) is 4. The van der Waals surface area contributed by atoms with E-state index in [-0.39, 0.29) is 11.6 Å². The van der Waals surface area contributed by atoms with Crippen molar-refractivity contribution in [1.82, 2.24) is 15.2 Å². The molecule has 2 aromatic rings. The first kappa shape index (κ1) is 14.7. The molecule has 6 heteroatoms. The number of Topliss-reactive ketones (excluding diaryl/α,β-unsaturated/α-hetero) is 1. The van der Waals surface area contributed by atoms with Gasteiger partial charge in [0.2, 0.25) is 5.16 Å². The van der Waals surface area contributed by atoms with E-state index in [1.807, 2.05) is 6.92 Å². The summed E-state index contributed by atoms with van der Waals surface area (Å²) in [7, 11) is 0. The number of halogens is 1. The fourth-order valence-corrected chi connectivity index (χ4v) is 2.43. The second-order valence-corrected chi connectivity index (χ2v) is 5.36. The molecule has 0 aliphatic carbocycles. The average Bonchev–Trinajstić information content (AvgIpc) is 2.92. The van der Waals surface area contributed by atoms with Gasteiger partial charge in [-0.15, -0.1) is 5.10 Å². The summed E-state index contributed by atoms with van der Waals surface area (Å²) in [6, 6.07) is 5.66. The number of carbonyl (C=O) groups is 1. The Morgan fingerprint density at radius 2 is 2.10 bits per heavy atom. The van der Waals surface area contributed by atoms with Crippen LogP contribution in [0.4, 0.5) is 4.39 Å². The number of thioether (sulfide) groups is 1. The number of ketones is 1. The number of rotatable bonds is 7. The molecule has 0 aliphatic heterocycles. The maximum absolute atomic E-state index is 12.7. The van der Waals surface area contributed by atoms with Gasteiger partial charge in [0.15, 0.2) is 5.78 Å². The van der Waals surface area contributed by atoms with E-state index >= 15 is 0 Å². The highest BCUT2D eigenvalue weighted by molar-refractivity contribution is 7.99. The Morgan fingerprint density at radius 3 is 2.75 bits per heavy atom. The number of H-pyrrole nitrogens is 1. The van der Waals surface area contributed by atoms with Crippen LogP contribution in [-0.4, -0.2) is 26.7 Å². The molecule has 1 aromatic heterocycles. The van der Waals surface area contributed by atoms with E-state index in [0.29, 0.717) is 12.0 Å². The largest absolute Gasteiger partial charge is 0.294 e. The zero-order valence-electron chi connectivity index (χ0n) is 11.2. The number of benzene rings is 1. The van der Waals surface area contributed by atoms with E-state index in [2.05, 4.69) is 15.2 Å². The van der Waals surface area contributed by atoms with Gasteiger partial charge in [0.05, 0.1) is 0 Å². The van der Waals surface area contributed by atoms with Crippen molar-refractivity contribution in [3.05, 3.63) is 41.5 Å². The molecule has 1 aromatic carbocycles. The SMILES string of the molecule is CCc1nc(SCCCC(=O)c2ccc(F)cc2)n[nH]1. The van der Waals surface area contributed by atoms with Crippen LogP contribution in [0.15, 0.2) is 29.4 Å². The predicted octanol–water partition coefficient (Wildman–Crippen LogP) is 3.26. The normalized spacial score (nSPS) is 10.7. The highest BCUT2D eigenvalue weighted by Gasteiger charge is 2.07. The Labute approximate surface area is 121 Å². The fourth-order valence-electron chi connectivity index (χ4n) is 1.68. The van der Waals surface area contributed by atoms with Crippen molar-refractivity contribution in [1.29, 1.82) is 0 Å². The first-order valence-corrected chi connectivity index (χ1v) is 7.50. The number of aromatic nitrogens is 3. The average molecular weight is 293 g/mol. The second-order valence-electron chi connectivity index (χ2n) is 4.30. The highest BCUT2D eigenvalue weighted by atomic mass is 32.2. The standard InChI is InChI=1S/C14H16FN3OS/c1-2-13-16-14(18-17-13)20-9-3-4-12(19)10-5-7-11(15)8-6-10/h5-8H,2-4,9H2,1H3,(H,16,17,18). The molecule has 0 unspecified atom stereocenters. The van der Waals surface area contributed by atoms with Crippen LogP contribution < -0.4 is 0 Å². The van der Waals surface area contributed by atoms with Crippen LogP contribution >= 0.6 is 11.8 Å². The van der Waals surface area contributed by atoms with Crippen LogP contribution in [-0.2, 0) is 6.42 Å². The van der Waals surface area contributed by atoms with Gasteiger partial charge in [-0.3, -0.25) is 9.89 Å². The van der Waals surface area contributed by atoms with Crippen LogP contribution in [0.25, 0.3) is 0 Å². The molecule has 4 nitrogen and oxygen atoms in total. The molecule has 1 N–H and O–H groups in total. The molecular formula is C14H16FN3OS. The summed E-state index contributed by atoms with van der Waals surface area (Å²) in [6.07, 6.45) is 2.02. The number of aromatic amines is 1. The van der Waals surface area contributed by atoms with Gasteiger partial charge in [0.25, 0.3) is 0 Å². The third-order valence-corrected chi connectivity index (χ3v) is 3.73. The van der Waals surface area contributed by atoms with Crippen LogP contribution in [0.1, 0.15) is 35.9 Å². The minimum atomic E-state index is -0.326. The summed E-state index contributed by atoms with van der Waals surface area (Å²) in [6.45, 7) is 2.01. The van der Waals surface area contributed by atoms with Gasteiger partial charge in [0, 0.05) is 24.2 Å². The van der Waals surface area contributed by atoms with Crippen LogP contribution in [0, 0.1) is 5.82 Å². The fraction of sp³-hybridized carbons (Fsp3) is 0.357. The number of nitrogens with one attached hydrogen (secondary N) is 1. The third-order valence-electron chi connectivity index (χ3n) is 2.79. The molecule has 1 heterocycles. The minimum absolute atomic E-state index is 0.0369. The Balaban J connectivity index is 1.72. The molecule has 0 atom stereocenters. The lowest BCUT2D eigenvalue weighted by molar-refractivity contribution is 0.0982. The number of carbonyl (C=O) groups excluding carboxylic acids is 1. The van der Waals surface area contributed by atoms with E-state index in [0.717, 1.165) is 29.6 Å². The summed E-state index contributed by atoms with van der Waals surface area (Å²) < 4.78 is 12.7. The molecule has 2 rings (SSSR count). The summed E-state index contributed by atoms with van der Waals surface area (Å²) in [5, 5.41) is 7.64. The Hall–Kier alpha value is -1.69. The van der Waals surface area contributed by atoms with Crippen molar-refractivity contribution < 1.29 is 9.18 Å². The Bertz CT molecular complexity index is 568. The lowest BCUT2D eigenvalue weighted by atomic mass is 10.1. The predicted molar refractivity (Wildman–Crippen MR) is 76.4 cm³/mol. The highest BCUT2D eigenvalue weighted by Crippen LogP contribution is 2.15. The Kier molecular flexibility index (Phi) is 5.29. The Morgan fingerprint density at radius 1 is 1.35 bits per heavy atom. The zero-order chi connectivity index (χ0) is 14.4. The van der Waals surface area contributed by atoms with Gasteiger partial charge in [0.1, 0.15) is 11.6 Å². The van der Waals surface area contributed by atoms with Crippen LogP contribution in [0.5, 0.6) is 0 Å². The van der Waals surface area contributed by atoms with E-state index in [1.165, 1.54) is 36.0 Å². The third kappa shape index (κ3) is 4.16. The molecule has 0 saturated carbocycles.